The molecule has 0 radical (unpaired) electrons. The molecule has 1 atom stereocenters. The fourth-order valence-electron chi connectivity index (χ4n) is 2.71. The van der Waals surface area contributed by atoms with Crippen molar-refractivity contribution in [3.8, 4) is 0 Å². The van der Waals surface area contributed by atoms with Crippen molar-refractivity contribution < 1.29 is 4.42 Å². The Morgan fingerprint density at radius 3 is 2.29 bits per heavy atom. The van der Waals surface area contributed by atoms with Crippen LogP contribution < -0.4 is 5.73 Å². The average Bonchev–Trinajstić information content (AvgIpc) is 2.93. The van der Waals surface area contributed by atoms with Gasteiger partial charge in [0.15, 0.2) is 0 Å². The summed E-state index contributed by atoms with van der Waals surface area (Å²) in [6, 6.07) is 12.6. The van der Waals surface area contributed by atoms with Crippen molar-refractivity contribution in [2.45, 2.75) is 25.8 Å². The van der Waals surface area contributed by atoms with Crippen LogP contribution in [0.1, 0.15) is 28.7 Å². The summed E-state index contributed by atoms with van der Waals surface area (Å²) < 4.78 is 5.63. The largest absolute Gasteiger partial charge is 0.465 e. The third kappa shape index (κ3) is 1.89. The molecule has 2 heteroatoms. The lowest BCUT2D eigenvalue weighted by atomic mass is 9.95. The van der Waals surface area contributed by atoms with Crippen LogP contribution >= 0.6 is 0 Å². The molecule has 88 valence electrons. The lowest BCUT2D eigenvalue weighted by Crippen LogP contribution is -2.21. The molecule has 0 saturated heterocycles. The summed E-state index contributed by atoms with van der Waals surface area (Å²) in [7, 11) is 0. The summed E-state index contributed by atoms with van der Waals surface area (Å²) in [5.74, 6) is 2.32. The molecule has 0 amide bonds. The van der Waals surface area contributed by atoms with Gasteiger partial charge in [-0.25, -0.2) is 0 Å². The number of hydrogen-bond donors (Lipinski definition) is 1. The minimum atomic E-state index is 0.0103. The molecule has 1 aromatic carbocycles. The van der Waals surface area contributed by atoms with Gasteiger partial charge in [0.25, 0.3) is 0 Å². The predicted octanol–water partition coefficient (Wildman–Crippen LogP) is 3.00. The molecule has 2 aromatic rings. The second-order valence-corrected chi connectivity index (χ2v) is 4.91. The van der Waals surface area contributed by atoms with Crippen LogP contribution in [0, 0.1) is 12.8 Å². The van der Waals surface area contributed by atoms with E-state index in [2.05, 4.69) is 24.3 Å². The molecule has 2 N–H and O–H groups in total. The number of rotatable bonds is 2. The lowest BCUT2D eigenvalue weighted by molar-refractivity contribution is 0.366. The van der Waals surface area contributed by atoms with E-state index in [1.165, 1.54) is 11.1 Å². The van der Waals surface area contributed by atoms with E-state index >= 15 is 0 Å². The van der Waals surface area contributed by atoms with Gasteiger partial charge in [0.05, 0.1) is 6.04 Å². The van der Waals surface area contributed by atoms with Crippen LogP contribution in [0.3, 0.4) is 0 Å². The molecular formula is C15H17NO. The topological polar surface area (TPSA) is 39.2 Å². The minimum Gasteiger partial charge on any atom is -0.465 e. The van der Waals surface area contributed by atoms with Crippen molar-refractivity contribution in [2.75, 3.05) is 0 Å². The molecule has 0 aliphatic heterocycles. The molecule has 1 unspecified atom stereocenters. The maximum atomic E-state index is 6.30. The Bertz CT molecular complexity index is 504. The Kier molecular flexibility index (Phi) is 2.52. The highest BCUT2D eigenvalue weighted by Gasteiger charge is 2.28. The second kappa shape index (κ2) is 4.04. The summed E-state index contributed by atoms with van der Waals surface area (Å²) in [5.41, 5.74) is 9.18. The normalized spacial score (nSPS) is 17.1. The number of aryl methyl sites for hydroxylation is 1. The maximum Gasteiger partial charge on any atom is 0.121 e. The Morgan fingerprint density at radius 2 is 1.76 bits per heavy atom. The van der Waals surface area contributed by atoms with Crippen LogP contribution in [-0.2, 0) is 12.8 Å². The Hall–Kier alpha value is -1.54. The van der Waals surface area contributed by atoms with Crippen molar-refractivity contribution in [1.29, 1.82) is 0 Å². The zero-order valence-corrected chi connectivity index (χ0v) is 10.0. The molecule has 1 heterocycles. The maximum absolute atomic E-state index is 6.30. The number of nitrogens with two attached hydrogens (primary N) is 1. The fourth-order valence-corrected chi connectivity index (χ4v) is 2.71. The highest BCUT2D eigenvalue weighted by atomic mass is 16.3. The van der Waals surface area contributed by atoms with E-state index in [1.807, 2.05) is 19.1 Å². The number of fused-ring (bicyclic) bond motifs is 1. The van der Waals surface area contributed by atoms with Crippen LogP contribution in [0.4, 0.5) is 0 Å². The Balaban J connectivity index is 1.80. The molecule has 1 aromatic heterocycles. The van der Waals surface area contributed by atoms with Crippen molar-refractivity contribution in [3.63, 3.8) is 0 Å². The summed E-state index contributed by atoms with van der Waals surface area (Å²) in [4.78, 5) is 0. The van der Waals surface area contributed by atoms with Crippen LogP contribution in [0.5, 0.6) is 0 Å². The Labute approximate surface area is 101 Å². The number of benzene rings is 1. The molecule has 0 bridgehead atoms. The predicted molar refractivity (Wildman–Crippen MR) is 67.7 cm³/mol. The molecule has 3 rings (SSSR count). The summed E-state index contributed by atoms with van der Waals surface area (Å²) in [6.45, 7) is 1.96. The highest BCUT2D eigenvalue weighted by Crippen LogP contribution is 2.34. The zero-order chi connectivity index (χ0) is 11.8. The van der Waals surface area contributed by atoms with Gasteiger partial charge in [-0.3, -0.25) is 0 Å². The lowest BCUT2D eigenvalue weighted by Gasteiger charge is -2.16. The standard InChI is InChI=1S/C15H17NO/c1-10-6-7-14(17-10)15(16)13-8-11-4-2-3-5-12(11)9-13/h2-7,13,15H,8-9,16H2,1H3. The van der Waals surface area contributed by atoms with Gasteiger partial charge in [-0.15, -0.1) is 0 Å². The first-order valence-corrected chi connectivity index (χ1v) is 6.13. The van der Waals surface area contributed by atoms with Crippen molar-refractivity contribution in [1.82, 2.24) is 0 Å². The van der Waals surface area contributed by atoms with Crippen LogP contribution in [-0.4, -0.2) is 0 Å². The van der Waals surface area contributed by atoms with Gasteiger partial charge >= 0.3 is 0 Å². The Morgan fingerprint density at radius 1 is 1.12 bits per heavy atom. The molecule has 1 aliphatic rings. The summed E-state index contributed by atoms with van der Waals surface area (Å²) in [6.07, 6.45) is 2.13. The molecule has 2 nitrogen and oxygen atoms in total. The third-order valence-corrected chi connectivity index (χ3v) is 3.68. The molecule has 0 fully saturated rings. The fraction of sp³-hybridized carbons (Fsp3) is 0.333. The van der Waals surface area contributed by atoms with E-state index in [9.17, 15) is 0 Å². The zero-order valence-electron chi connectivity index (χ0n) is 10.0. The molecule has 1 aliphatic carbocycles. The van der Waals surface area contributed by atoms with Gasteiger partial charge in [-0.05, 0) is 48.9 Å². The minimum absolute atomic E-state index is 0.0103. The number of furan rings is 1. The first-order valence-electron chi connectivity index (χ1n) is 6.13. The van der Waals surface area contributed by atoms with Gasteiger partial charge < -0.3 is 10.2 Å². The van der Waals surface area contributed by atoms with Crippen molar-refractivity contribution in [2.24, 2.45) is 11.7 Å². The van der Waals surface area contributed by atoms with Gasteiger partial charge in [-0.1, -0.05) is 24.3 Å². The van der Waals surface area contributed by atoms with Crippen LogP contribution in [0.2, 0.25) is 0 Å². The smallest absolute Gasteiger partial charge is 0.121 e. The molecule has 17 heavy (non-hydrogen) atoms. The van der Waals surface area contributed by atoms with Gasteiger partial charge in [0.1, 0.15) is 11.5 Å². The molecule has 0 saturated carbocycles. The van der Waals surface area contributed by atoms with Crippen LogP contribution in [0.15, 0.2) is 40.8 Å². The summed E-state index contributed by atoms with van der Waals surface area (Å²) >= 11 is 0. The number of hydrogen-bond acceptors (Lipinski definition) is 2. The first kappa shape index (κ1) is 10.6. The van der Waals surface area contributed by atoms with E-state index in [0.29, 0.717) is 5.92 Å². The molecule has 0 spiro atoms. The van der Waals surface area contributed by atoms with E-state index in [-0.39, 0.29) is 6.04 Å². The van der Waals surface area contributed by atoms with E-state index in [1.54, 1.807) is 0 Å². The quantitative estimate of drug-likeness (QED) is 0.856. The second-order valence-electron chi connectivity index (χ2n) is 4.91. The first-order chi connectivity index (χ1) is 8.24. The summed E-state index contributed by atoms with van der Waals surface area (Å²) in [5, 5.41) is 0. The van der Waals surface area contributed by atoms with Gasteiger partial charge in [0, 0.05) is 0 Å². The molecular weight excluding hydrogens is 210 g/mol. The van der Waals surface area contributed by atoms with Crippen molar-refractivity contribution in [3.05, 3.63) is 59.0 Å². The van der Waals surface area contributed by atoms with E-state index < -0.39 is 0 Å². The third-order valence-electron chi connectivity index (χ3n) is 3.68. The van der Waals surface area contributed by atoms with E-state index in [4.69, 9.17) is 10.2 Å². The van der Waals surface area contributed by atoms with Gasteiger partial charge in [-0.2, -0.15) is 0 Å². The SMILES string of the molecule is Cc1ccc(C(N)C2Cc3ccccc3C2)o1. The van der Waals surface area contributed by atoms with Crippen LogP contribution in [0.25, 0.3) is 0 Å². The van der Waals surface area contributed by atoms with E-state index in [0.717, 1.165) is 24.4 Å². The van der Waals surface area contributed by atoms with Gasteiger partial charge in [0.2, 0.25) is 0 Å². The monoisotopic (exact) mass is 227 g/mol. The van der Waals surface area contributed by atoms with Crippen molar-refractivity contribution >= 4 is 0 Å². The highest BCUT2D eigenvalue weighted by molar-refractivity contribution is 5.33. The average molecular weight is 227 g/mol.